The highest BCUT2D eigenvalue weighted by atomic mass is 79.9. The fourth-order valence-electron chi connectivity index (χ4n) is 1.47. The maximum absolute atomic E-state index is 9.72. The molecule has 0 atom stereocenters. The molecule has 0 aliphatic heterocycles. The number of benzene rings is 1. The molecule has 2 aromatic rings. The number of nitrogens with one attached hydrogen (secondary N) is 1. The third kappa shape index (κ3) is 3.45. The van der Waals surface area contributed by atoms with Crippen LogP contribution in [0.3, 0.4) is 0 Å². The minimum atomic E-state index is 0.161. The highest BCUT2D eigenvalue weighted by Gasteiger charge is 2.04. The van der Waals surface area contributed by atoms with Crippen molar-refractivity contribution < 1.29 is 5.11 Å². The van der Waals surface area contributed by atoms with Crippen molar-refractivity contribution in [2.24, 2.45) is 0 Å². The Kier molecular flexibility index (Phi) is 4.45. The van der Waals surface area contributed by atoms with Gasteiger partial charge in [-0.05, 0) is 28.1 Å². The lowest BCUT2D eigenvalue weighted by molar-refractivity contribution is 0.465. The molecule has 17 heavy (non-hydrogen) atoms. The van der Waals surface area contributed by atoms with Crippen molar-refractivity contribution in [3.63, 3.8) is 0 Å². The maximum atomic E-state index is 9.72. The van der Waals surface area contributed by atoms with Crippen molar-refractivity contribution in [1.82, 2.24) is 5.32 Å². The van der Waals surface area contributed by atoms with E-state index >= 15 is 0 Å². The second kappa shape index (κ2) is 5.87. The summed E-state index contributed by atoms with van der Waals surface area (Å²) in [5.74, 6) is 0.161. The summed E-state index contributed by atoms with van der Waals surface area (Å²) in [6.45, 7) is 1.38. The molecule has 1 heterocycles. The fraction of sp³-hybridized carbons (Fsp3) is 0.167. The normalized spacial score (nSPS) is 10.7. The summed E-state index contributed by atoms with van der Waals surface area (Å²) in [7, 11) is 0. The van der Waals surface area contributed by atoms with Crippen LogP contribution in [0.2, 0.25) is 5.02 Å². The van der Waals surface area contributed by atoms with Crippen molar-refractivity contribution in [2.45, 2.75) is 13.1 Å². The van der Waals surface area contributed by atoms with Gasteiger partial charge in [-0.25, -0.2) is 0 Å². The topological polar surface area (TPSA) is 32.3 Å². The number of hydrogen-bond donors (Lipinski definition) is 2. The number of hydrogen-bond acceptors (Lipinski definition) is 3. The molecule has 2 nitrogen and oxygen atoms in total. The van der Waals surface area contributed by atoms with E-state index in [1.54, 1.807) is 17.4 Å². The summed E-state index contributed by atoms with van der Waals surface area (Å²) in [5, 5.41) is 15.4. The van der Waals surface area contributed by atoms with Crippen LogP contribution >= 0.6 is 38.9 Å². The molecule has 0 unspecified atom stereocenters. The average Bonchev–Trinajstić information content (AvgIpc) is 2.70. The number of para-hydroxylation sites is 1. The van der Waals surface area contributed by atoms with E-state index < -0.39 is 0 Å². The fourth-order valence-corrected chi connectivity index (χ4v) is 3.08. The molecule has 2 rings (SSSR count). The molecule has 0 radical (unpaired) electrons. The van der Waals surface area contributed by atoms with Crippen LogP contribution in [0.25, 0.3) is 0 Å². The van der Waals surface area contributed by atoms with Crippen molar-refractivity contribution in [3.05, 3.63) is 49.6 Å². The van der Waals surface area contributed by atoms with E-state index in [4.69, 9.17) is 11.6 Å². The van der Waals surface area contributed by atoms with Gasteiger partial charge in [0.1, 0.15) is 5.75 Å². The molecule has 0 saturated heterocycles. The van der Waals surface area contributed by atoms with Gasteiger partial charge in [0.05, 0.1) is 5.02 Å². The summed E-state index contributed by atoms with van der Waals surface area (Å²) in [4.78, 5) is 1.25. The Hall–Kier alpha value is -0.550. The van der Waals surface area contributed by atoms with Gasteiger partial charge >= 0.3 is 0 Å². The van der Waals surface area contributed by atoms with E-state index in [9.17, 15) is 5.11 Å². The van der Waals surface area contributed by atoms with E-state index in [-0.39, 0.29) is 5.75 Å². The van der Waals surface area contributed by atoms with Crippen molar-refractivity contribution in [2.75, 3.05) is 0 Å². The smallest absolute Gasteiger partial charge is 0.138 e. The van der Waals surface area contributed by atoms with E-state index in [0.717, 1.165) is 16.6 Å². The number of phenolic OH excluding ortho intramolecular Hbond substituents is 1. The third-order valence-electron chi connectivity index (χ3n) is 2.31. The molecule has 1 aromatic carbocycles. The predicted octanol–water partition coefficient (Wildman–Crippen LogP) is 4.16. The van der Waals surface area contributed by atoms with Crippen LogP contribution in [0.5, 0.6) is 5.75 Å². The Bertz CT molecular complexity index is 515. The van der Waals surface area contributed by atoms with Gasteiger partial charge in [0.15, 0.2) is 0 Å². The van der Waals surface area contributed by atoms with E-state index in [0.29, 0.717) is 11.6 Å². The predicted molar refractivity (Wildman–Crippen MR) is 75.7 cm³/mol. The second-order valence-electron chi connectivity index (χ2n) is 3.58. The molecule has 5 heteroatoms. The first-order chi connectivity index (χ1) is 8.16. The van der Waals surface area contributed by atoms with Crippen LogP contribution < -0.4 is 5.32 Å². The first-order valence-corrected chi connectivity index (χ1v) is 7.12. The summed E-state index contributed by atoms with van der Waals surface area (Å²) in [6, 6.07) is 7.45. The van der Waals surface area contributed by atoms with Gasteiger partial charge in [0.25, 0.3) is 0 Å². The lowest BCUT2D eigenvalue weighted by atomic mass is 10.2. The third-order valence-corrected chi connectivity index (χ3v) is 4.31. The molecular weight excluding hydrogens is 322 g/mol. The van der Waals surface area contributed by atoms with Crippen molar-refractivity contribution in [3.8, 4) is 5.75 Å². The van der Waals surface area contributed by atoms with Crippen LogP contribution in [0.15, 0.2) is 34.1 Å². The molecule has 0 bridgehead atoms. The largest absolute Gasteiger partial charge is 0.506 e. The molecule has 0 amide bonds. The number of phenols is 1. The SMILES string of the molecule is Oc1c(Cl)cccc1CNCc1cc(Br)cs1. The Morgan fingerprint density at radius 2 is 2.18 bits per heavy atom. The summed E-state index contributed by atoms with van der Waals surface area (Å²) < 4.78 is 1.10. The molecule has 0 aliphatic carbocycles. The number of halogens is 2. The van der Waals surface area contributed by atoms with Gasteiger partial charge in [0, 0.05) is 33.4 Å². The van der Waals surface area contributed by atoms with Crippen LogP contribution in [0.4, 0.5) is 0 Å². The van der Waals surface area contributed by atoms with Gasteiger partial charge in [-0.15, -0.1) is 11.3 Å². The Balaban J connectivity index is 1.92. The van der Waals surface area contributed by atoms with Crippen molar-refractivity contribution in [1.29, 1.82) is 0 Å². The Labute approximate surface area is 117 Å². The first kappa shape index (κ1) is 12.9. The standard InChI is InChI=1S/C12H11BrClNOS/c13-9-4-10(17-7-9)6-15-5-8-2-1-3-11(14)12(8)16/h1-4,7,15-16H,5-6H2. The zero-order chi connectivity index (χ0) is 12.3. The molecule has 0 saturated carbocycles. The Morgan fingerprint density at radius 3 is 2.88 bits per heavy atom. The molecule has 90 valence electrons. The summed E-state index contributed by atoms with van der Waals surface area (Å²) in [6.07, 6.45) is 0. The highest BCUT2D eigenvalue weighted by molar-refractivity contribution is 9.10. The lowest BCUT2D eigenvalue weighted by Gasteiger charge is -2.06. The van der Waals surface area contributed by atoms with Crippen LogP contribution in [-0.2, 0) is 13.1 Å². The molecular formula is C12H11BrClNOS. The zero-order valence-electron chi connectivity index (χ0n) is 8.91. The number of aromatic hydroxyl groups is 1. The van der Waals surface area contributed by atoms with Crippen LogP contribution in [0, 0.1) is 0 Å². The molecule has 1 aromatic heterocycles. The molecule has 0 fully saturated rings. The van der Waals surface area contributed by atoms with E-state index in [1.165, 1.54) is 4.88 Å². The maximum Gasteiger partial charge on any atom is 0.138 e. The zero-order valence-corrected chi connectivity index (χ0v) is 12.1. The second-order valence-corrected chi connectivity index (χ2v) is 5.90. The van der Waals surface area contributed by atoms with Gasteiger partial charge in [-0.1, -0.05) is 23.7 Å². The molecule has 0 aliphatic rings. The molecule has 2 N–H and O–H groups in total. The average molecular weight is 333 g/mol. The first-order valence-electron chi connectivity index (χ1n) is 5.07. The van der Waals surface area contributed by atoms with Gasteiger partial charge in [0.2, 0.25) is 0 Å². The van der Waals surface area contributed by atoms with Gasteiger partial charge in [-0.3, -0.25) is 0 Å². The lowest BCUT2D eigenvalue weighted by Crippen LogP contribution is -2.11. The highest BCUT2D eigenvalue weighted by Crippen LogP contribution is 2.27. The van der Waals surface area contributed by atoms with E-state index in [1.807, 2.05) is 17.5 Å². The van der Waals surface area contributed by atoms with Crippen molar-refractivity contribution >= 4 is 38.9 Å². The minimum Gasteiger partial charge on any atom is -0.506 e. The number of rotatable bonds is 4. The van der Waals surface area contributed by atoms with Gasteiger partial charge < -0.3 is 10.4 Å². The summed E-state index contributed by atoms with van der Waals surface area (Å²) >= 11 is 10.9. The summed E-state index contributed by atoms with van der Waals surface area (Å²) in [5.41, 5.74) is 0.813. The Morgan fingerprint density at radius 1 is 1.35 bits per heavy atom. The quantitative estimate of drug-likeness (QED) is 0.881. The minimum absolute atomic E-state index is 0.161. The van der Waals surface area contributed by atoms with E-state index in [2.05, 4.69) is 27.3 Å². The monoisotopic (exact) mass is 331 g/mol. The molecule has 0 spiro atoms. The number of thiophene rings is 1. The van der Waals surface area contributed by atoms with Crippen LogP contribution in [0.1, 0.15) is 10.4 Å². The van der Waals surface area contributed by atoms with Crippen LogP contribution in [-0.4, -0.2) is 5.11 Å². The van der Waals surface area contributed by atoms with Gasteiger partial charge in [-0.2, -0.15) is 0 Å².